The molecule has 0 saturated carbocycles. The zero-order chi connectivity index (χ0) is 17.0. The Morgan fingerprint density at radius 1 is 1.26 bits per heavy atom. The minimum Gasteiger partial charge on any atom is -0.466 e. The number of Topliss-reactive ketones (excluding diaryl/α,β-unsaturated/α-hetero) is 1. The van der Waals surface area contributed by atoms with Gasteiger partial charge < -0.3 is 4.74 Å². The number of nitrogens with zero attached hydrogens (tertiary/aromatic N) is 1. The molecule has 0 spiro atoms. The van der Waals surface area contributed by atoms with Crippen LogP contribution in [0, 0.1) is 5.92 Å². The molecule has 0 radical (unpaired) electrons. The summed E-state index contributed by atoms with van der Waals surface area (Å²) in [5.41, 5.74) is 0.368. The van der Waals surface area contributed by atoms with Gasteiger partial charge in [-0.2, -0.15) is 4.31 Å². The normalized spacial score (nSPS) is 17.0. The van der Waals surface area contributed by atoms with E-state index >= 15 is 0 Å². The Labute approximate surface area is 136 Å². The van der Waals surface area contributed by atoms with Gasteiger partial charge in [-0.3, -0.25) is 9.59 Å². The largest absolute Gasteiger partial charge is 0.466 e. The first-order valence-corrected chi connectivity index (χ1v) is 9.08. The van der Waals surface area contributed by atoms with E-state index in [4.69, 9.17) is 4.74 Å². The number of esters is 1. The molecule has 0 unspecified atom stereocenters. The van der Waals surface area contributed by atoms with Gasteiger partial charge in [-0.05, 0) is 38.8 Å². The van der Waals surface area contributed by atoms with E-state index in [9.17, 15) is 18.0 Å². The van der Waals surface area contributed by atoms with Crippen molar-refractivity contribution in [2.75, 3.05) is 19.7 Å². The predicted octanol–water partition coefficient (Wildman–Crippen LogP) is 1.85. The van der Waals surface area contributed by atoms with Crippen molar-refractivity contribution in [1.29, 1.82) is 0 Å². The van der Waals surface area contributed by atoms with Gasteiger partial charge in [-0.1, -0.05) is 12.1 Å². The van der Waals surface area contributed by atoms with Gasteiger partial charge >= 0.3 is 5.97 Å². The number of hydrogen-bond acceptors (Lipinski definition) is 5. The molecule has 2 rings (SSSR count). The van der Waals surface area contributed by atoms with Crippen LogP contribution in [0.2, 0.25) is 0 Å². The molecular formula is C16H21NO5S. The van der Waals surface area contributed by atoms with E-state index in [1.54, 1.807) is 19.1 Å². The van der Waals surface area contributed by atoms with Crippen LogP contribution in [0.5, 0.6) is 0 Å². The highest BCUT2D eigenvalue weighted by Crippen LogP contribution is 2.25. The smallest absolute Gasteiger partial charge is 0.309 e. The van der Waals surface area contributed by atoms with Crippen LogP contribution in [0.25, 0.3) is 0 Å². The summed E-state index contributed by atoms with van der Waals surface area (Å²) in [7, 11) is -3.65. The first kappa shape index (κ1) is 17.6. The monoisotopic (exact) mass is 339 g/mol. The average molecular weight is 339 g/mol. The Morgan fingerprint density at radius 2 is 1.91 bits per heavy atom. The third-order valence-electron chi connectivity index (χ3n) is 3.95. The third kappa shape index (κ3) is 3.97. The lowest BCUT2D eigenvalue weighted by Crippen LogP contribution is -2.40. The Bertz CT molecular complexity index is 690. The quantitative estimate of drug-likeness (QED) is 0.604. The van der Waals surface area contributed by atoms with Crippen molar-refractivity contribution in [2.45, 2.75) is 31.6 Å². The molecular weight excluding hydrogens is 318 g/mol. The standard InChI is InChI=1S/C16H21NO5S/c1-3-22-16(19)13-7-9-17(10-8-13)23(20,21)15-6-4-5-14(11-15)12(2)18/h4-6,11,13H,3,7-10H2,1-2H3. The zero-order valence-electron chi connectivity index (χ0n) is 13.3. The fourth-order valence-electron chi connectivity index (χ4n) is 2.62. The summed E-state index contributed by atoms with van der Waals surface area (Å²) in [5, 5.41) is 0. The molecule has 0 N–H and O–H groups in total. The number of piperidine rings is 1. The number of ketones is 1. The molecule has 1 saturated heterocycles. The molecule has 126 valence electrons. The molecule has 1 aromatic carbocycles. The van der Waals surface area contributed by atoms with Gasteiger partial charge in [0, 0.05) is 18.7 Å². The first-order chi connectivity index (χ1) is 10.9. The molecule has 0 amide bonds. The van der Waals surface area contributed by atoms with E-state index in [0.717, 1.165) is 0 Å². The Morgan fingerprint density at radius 3 is 2.48 bits per heavy atom. The second-order valence-electron chi connectivity index (χ2n) is 5.51. The maximum atomic E-state index is 12.7. The minimum absolute atomic E-state index is 0.111. The summed E-state index contributed by atoms with van der Waals surface area (Å²) >= 11 is 0. The first-order valence-electron chi connectivity index (χ1n) is 7.64. The molecule has 0 aliphatic carbocycles. The lowest BCUT2D eigenvalue weighted by atomic mass is 9.98. The van der Waals surface area contributed by atoms with Crippen LogP contribution in [0.15, 0.2) is 29.2 Å². The fraction of sp³-hybridized carbons (Fsp3) is 0.500. The number of rotatable bonds is 5. The van der Waals surface area contributed by atoms with E-state index in [1.165, 1.54) is 23.4 Å². The van der Waals surface area contributed by atoms with Crippen molar-refractivity contribution in [3.05, 3.63) is 29.8 Å². The highest BCUT2D eigenvalue weighted by Gasteiger charge is 2.32. The Kier molecular flexibility index (Phi) is 5.54. The van der Waals surface area contributed by atoms with Crippen molar-refractivity contribution in [3.63, 3.8) is 0 Å². The molecule has 1 aliphatic heterocycles. The van der Waals surface area contributed by atoms with Crippen LogP contribution >= 0.6 is 0 Å². The summed E-state index contributed by atoms with van der Waals surface area (Å²) in [4.78, 5) is 23.2. The summed E-state index contributed by atoms with van der Waals surface area (Å²) < 4.78 is 31.7. The van der Waals surface area contributed by atoms with E-state index in [-0.39, 0.29) is 35.7 Å². The lowest BCUT2D eigenvalue weighted by molar-refractivity contribution is -0.149. The molecule has 6 nitrogen and oxygen atoms in total. The molecule has 1 aliphatic rings. The van der Waals surface area contributed by atoms with Gasteiger partial charge in [-0.25, -0.2) is 8.42 Å². The molecule has 0 bridgehead atoms. The van der Waals surface area contributed by atoms with Crippen molar-refractivity contribution >= 4 is 21.8 Å². The second kappa shape index (κ2) is 7.23. The van der Waals surface area contributed by atoms with Crippen LogP contribution in [0.1, 0.15) is 37.0 Å². The summed E-state index contributed by atoms with van der Waals surface area (Å²) in [5.74, 6) is -0.684. The van der Waals surface area contributed by atoms with Gasteiger partial charge in [0.15, 0.2) is 5.78 Å². The number of carbonyl (C=O) groups excluding carboxylic acids is 2. The SMILES string of the molecule is CCOC(=O)C1CCN(S(=O)(=O)c2cccc(C(C)=O)c2)CC1. The van der Waals surface area contributed by atoms with Crippen LogP contribution in [-0.2, 0) is 19.6 Å². The molecule has 1 heterocycles. The van der Waals surface area contributed by atoms with Crippen LogP contribution in [0.3, 0.4) is 0 Å². The lowest BCUT2D eigenvalue weighted by Gasteiger charge is -2.30. The summed E-state index contributed by atoms with van der Waals surface area (Å²) in [6.07, 6.45) is 0.898. The number of carbonyl (C=O) groups is 2. The second-order valence-corrected chi connectivity index (χ2v) is 7.45. The maximum absolute atomic E-state index is 12.7. The minimum atomic E-state index is -3.65. The third-order valence-corrected chi connectivity index (χ3v) is 5.85. The molecule has 1 aromatic rings. The summed E-state index contributed by atoms with van der Waals surface area (Å²) in [6, 6.07) is 6.04. The topological polar surface area (TPSA) is 80.8 Å². The van der Waals surface area contributed by atoms with Crippen LogP contribution in [-0.4, -0.2) is 44.2 Å². The summed E-state index contributed by atoms with van der Waals surface area (Å²) in [6.45, 7) is 4.03. The van der Waals surface area contributed by atoms with Gasteiger partial charge in [0.05, 0.1) is 17.4 Å². The van der Waals surface area contributed by atoms with Crippen LogP contribution in [0.4, 0.5) is 0 Å². The maximum Gasteiger partial charge on any atom is 0.309 e. The van der Waals surface area contributed by atoms with E-state index in [2.05, 4.69) is 0 Å². The van der Waals surface area contributed by atoms with Crippen molar-refractivity contribution in [2.24, 2.45) is 5.92 Å². The average Bonchev–Trinajstić information content (AvgIpc) is 2.55. The van der Waals surface area contributed by atoms with E-state index < -0.39 is 10.0 Å². The molecule has 0 aromatic heterocycles. The molecule has 0 atom stereocenters. The molecule has 7 heteroatoms. The number of ether oxygens (including phenoxy) is 1. The number of benzene rings is 1. The zero-order valence-corrected chi connectivity index (χ0v) is 14.1. The van der Waals surface area contributed by atoms with Crippen molar-refractivity contribution in [1.82, 2.24) is 4.31 Å². The Hall–Kier alpha value is -1.73. The van der Waals surface area contributed by atoms with Crippen molar-refractivity contribution in [3.8, 4) is 0 Å². The molecule has 23 heavy (non-hydrogen) atoms. The van der Waals surface area contributed by atoms with E-state index in [0.29, 0.717) is 25.0 Å². The van der Waals surface area contributed by atoms with Crippen molar-refractivity contribution < 1.29 is 22.7 Å². The van der Waals surface area contributed by atoms with Gasteiger partial charge in [0.2, 0.25) is 10.0 Å². The van der Waals surface area contributed by atoms with Gasteiger partial charge in [0.25, 0.3) is 0 Å². The van der Waals surface area contributed by atoms with Crippen LogP contribution < -0.4 is 0 Å². The fourth-order valence-corrected chi connectivity index (χ4v) is 4.13. The number of hydrogen-bond donors (Lipinski definition) is 0. The van der Waals surface area contributed by atoms with Gasteiger partial charge in [-0.15, -0.1) is 0 Å². The highest BCUT2D eigenvalue weighted by molar-refractivity contribution is 7.89. The number of sulfonamides is 1. The Balaban J connectivity index is 2.12. The van der Waals surface area contributed by atoms with Gasteiger partial charge in [0.1, 0.15) is 0 Å². The highest BCUT2D eigenvalue weighted by atomic mass is 32.2. The molecule has 1 fully saturated rings. The predicted molar refractivity (Wildman–Crippen MR) is 84.6 cm³/mol. The van der Waals surface area contributed by atoms with E-state index in [1.807, 2.05) is 0 Å².